The minimum atomic E-state index is 0.243. The molecule has 0 amide bonds. The zero-order valence-electron chi connectivity index (χ0n) is 10.2. The van der Waals surface area contributed by atoms with E-state index in [9.17, 15) is 0 Å². The van der Waals surface area contributed by atoms with Crippen molar-refractivity contribution in [3.8, 4) is 0 Å². The summed E-state index contributed by atoms with van der Waals surface area (Å²) in [6.07, 6.45) is 1.17. The Morgan fingerprint density at radius 1 is 1.20 bits per heavy atom. The van der Waals surface area contributed by atoms with Crippen LogP contribution in [0.1, 0.15) is 39.7 Å². The fourth-order valence-electron chi connectivity index (χ4n) is 2.70. The number of nitrogens with zero attached hydrogens (tertiary/aromatic N) is 1. The van der Waals surface area contributed by atoms with E-state index in [0.29, 0.717) is 0 Å². The van der Waals surface area contributed by atoms with Crippen molar-refractivity contribution < 1.29 is 4.58 Å². The number of para-hydroxylation sites is 1. The van der Waals surface area contributed by atoms with Crippen LogP contribution in [0.2, 0.25) is 0 Å². The highest BCUT2D eigenvalue weighted by Crippen LogP contribution is 2.41. The second-order valence-corrected chi connectivity index (χ2v) is 4.53. The van der Waals surface area contributed by atoms with Crippen LogP contribution in [0.4, 0.5) is 5.69 Å². The van der Waals surface area contributed by atoms with Gasteiger partial charge in [0.2, 0.25) is 5.69 Å². The molecule has 0 aromatic heterocycles. The van der Waals surface area contributed by atoms with Crippen LogP contribution in [0.25, 0.3) is 0 Å². The first kappa shape index (κ1) is 10.4. The second-order valence-electron chi connectivity index (χ2n) is 4.53. The molecule has 1 aromatic rings. The molecule has 0 fully saturated rings. The molecule has 15 heavy (non-hydrogen) atoms. The molecule has 80 valence electrons. The molecule has 1 heteroatoms. The van der Waals surface area contributed by atoms with Gasteiger partial charge in [-0.3, -0.25) is 0 Å². The second kappa shape index (κ2) is 3.48. The highest BCUT2D eigenvalue weighted by molar-refractivity contribution is 5.93. The quantitative estimate of drug-likeness (QED) is 0.646. The number of benzene rings is 1. The highest BCUT2D eigenvalue weighted by Gasteiger charge is 2.44. The smallest absolute Gasteiger partial charge is 0.199 e. The van der Waals surface area contributed by atoms with Gasteiger partial charge in [0.05, 0.1) is 5.41 Å². The van der Waals surface area contributed by atoms with Gasteiger partial charge in [0.25, 0.3) is 0 Å². The maximum absolute atomic E-state index is 2.44. The molecule has 1 atom stereocenters. The predicted octanol–water partition coefficient (Wildman–Crippen LogP) is 3.49. The van der Waals surface area contributed by atoms with Crippen molar-refractivity contribution in [3.63, 3.8) is 0 Å². The zero-order valence-corrected chi connectivity index (χ0v) is 10.2. The standard InChI is InChI=1S/C14H20N/c1-5-14(4)11(3)15(6-2)13-10-8-7-9-12(13)14/h7-10H,5-6H2,1-4H3/q+1. The number of hydrogen-bond acceptors (Lipinski definition) is 0. The summed E-state index contributed by atoms with van der Waals surface area (Å²) in [6.45, 7) is 10.2. The first-order valence-corrected chi connectivity index (χ1v) is 5.86. The van der Waals surface area contributed by atoms with Crippen LogP contribution in [0.15, 0.2) is 24.3 Å². The molecule has 0 spiro atoms. The average Bonchev–Trinajstić information content (AvgIpc) is 2.50. The fourth-order valence-corrected chi connectivity index (χ4v) is 2.70. The Bertz CT molecular complexity index is 417. The monoisotopic (exact) mass is 202 g/mol. The van der Waals surface area contributed by atoms with E-state index in [4.69, 9.17) is 0 Å². The van der Waals surface area contributed by atoms with Gasteiger partial charge < -0.3 is 0 Å². The molecule has 1 heterocycles. The summed E-state index contributed by atoms with van der Waals surface area (Å²) >= 11 is 0. The third kappa shape index (κ3) is 1.26. The van der Waals surface area contributed by atoms with E-state index in [1.807, 2.05) is 0 Å². The Hall–Kier alpha value is -1.11. The van der Waals surface area contributed by atoms with E-state index in [1.54, 1.807) is 0 Å². The van der Waals surface area contributed by atoms with Gasteiger partial charge >= 0.3 is 0 Å². The van der Waals surface area contributed by atoms with E-state index in [-0.39, 0.29) is 5.41 Å². The molecule has 1 aromatic carbocycles. The van der Waals surface area contributed by atoms with Crippen LogP contribution in [0, 0.1) is 0 Å². The van der Waals surface area contributed by atoms with Gasteiger partial charge in [-0.05, 0) is 20.3 Å². The molecule has 1 aliphatic rings. The van der Waals surface area contributed by atoms with Gasteiger partial charge in [0.15, 0.2) is 5.71 Å². The van der Waals surface area contributed by atoms with E-state index < -0.39 is 0 Å². The minimum absolute atomic E-state index is 0.243. The van der Waals surface area contributed by atoms with Crippen molar-refractivity contribution in [2.45, 2.75) is 39.5 Å². The third-order valence-electron chi connectivity index (χ3n) is 4.02. The largest absolute Gasteiger partial charge is 0.209 e. The SMILES string of the molecule is CC[N+]1=C(C)C(C)(CC)c2ccccc21. The van der Waals surface area contributed by atoms with Gasteiger partial charge in [-0.2, -0.15) is 4.58 Å². The van der Waals surface area contributed by atoms with Crippen LogP contribution in [0.3, 0.4) is 0 Å². The van der Waals surface area contributed by atoms with Crippen LogP contribution >= 0.6 is 0 Å². The van der Waals surface area contributed by atoms with E-state index >= 15 is 0 Å². The lowest BCUT2D eigenvalue weighted by atomic mass is 9.78. The predicted molar refractivity (Wildman–Crippen MR) is 65.2 cm³/mol. The normalized spacial score (nSPS) is 24.5. The Morgan fingerprint density at radius 3 is 2.47 bits per heavy atom. The van der Waals surface area contributed by atoms with Gasteiger partial charge in [-0.25, -0.2) is 0 Å². The lowest BCUT2D eigenvalue weighted by molar-refractivity contribution is -0.434. The minimum Gasteiger partial charge on any atom is -0.199 e. The van der Waals surface area contributed by atoms with E-state index in [2.05, 4.69) is 56.5 Å². The Morgan fingerprint density at radius 2 is 1.87 bits per heavy atom. The summed E-state index contributed by atoms with van der Waals surface area (Å²) in [5.74, 6) is 0. The molecule has 0 bridgehead atoms. The summed E-state index contributed by atoms with van der Waals surface area (Å²) in [4.78, 5) is 0. The van der Waals surface area contributed by atoms with Crippen LogP contribution in [0.5, 0.6) is 0 Å². The van der Waals surface area contributed by atoms with Crippen molar-refractivity contribution in [2.24, 2.45) is 0 Å². The van der Waals surface area contributed by atoms with Crippen LogP contribution in [-0.2, 0) is 5.41 Å². The van der Waals surface area contributed by atoms with Gasteiger partial charge in [0.1, 0.15) is 6.54 Å². The Kier molecular flexibility index (Phi) is 2.41. The fraction of sp³-hybridized carbons (Fsp3) is 0.500. The average molecular weight is 202 g/mol. The first-order valence-electron chi connectivity index (χ1n) is 5.86. The molecule has 0 saturated carbocycles. The zero-order chi connectivity index (χ0) is 11.1. The Labute approximate surface area is 92.5 Å². The lowest BCUT2D eigenvalue weighted by Crippen LogP contribution is -2.29. The summed E-state index contributed by atoms with van der Waals surface area (Å²) < 4.78 is 2.44. The number of fused-ring (bicyclic) bond motifs is 1. The lowest BCUT2D eigenvalue weighted by Gasteiger charge is -2.19. The summed E-state index contributed by atoms with van der Waals surface area (Å²) in [7, 11) is 0. The molecule has 1 aliphatic heterocycles. The van der Waals surface area contributed by atoms with Gasteiger partial charge in [0, 0.05) is 18.6 Å². The molecule has 2 rings (SSSR count). The highest BCUT2D eigenvalue weighted by atomic mass is 15.0. The molecular weight excluding hydrogens is 182 g/mol. The van der Waals surface area contributed by atoms with E-state index in [0.717, 1.165) is 6.54 Å². The maximum atomic E-state index is 2.44. The topological polar surface area (TPSA) is 3.01 Å². The summed E-state index contributed by atoms with van der Waals surface area (Å²) in [5.41, 5.74) is 4.63. The van der Waals surface area contributed by atoms with Crippen molar-refractivity contribution in [1.82, 2.24) is 0 Å². The molecule has 0 saturated heterocycles. The van der Waals surface area contributed by atoms with E-state index in [1.165, 1.54) is 23.4 Å². The van der Waals surface area contributed by atoms with Crippen molar-refractivity contribution >= 4 is 11.4 Å². The molecule has 0 radical (unpaired) electrons. The third-order valence-corrected chi connectivity index (χ3v) is 4.02. The Balaban J connectivity index is 2.68. The van der Waals surface area contributed by atoms with Gasteiger partial charge in [-0.15, -0.1) is 0 Å². The van der Waals surface area contributed by atoms with Crippen LogP contribution in [-0.4, -0.2) is 16.8 Å². The van der Waals surface area contributed by atoms with Crippen molar-refractivity contribution in [1.29, 1.82) is 0 Å². The number of rotatable bonds is 2. The molecular formula is C14H20N+. The van der Waals surface area contributed by atoms with Crippen molar-refractivity contribution in [2.75, 3.05) is 6.54 Å². The first-order chi connectivity index (χ1) is 7.15. The maximum Gasteiger partial charge on any atom is 0.209 e. The van der Waals surface area contributed by atoms with Gasteiger partial charge in [-0.1, -0.05) is 25.1 Å². The molecule has 1 unspecified atom stereocenters. The van der Waals surface area contributed by atoms with Crippen molar-refractivity contribution in [3.05, 3.63) is 29.8 Å². The molecule has 1 nitrogen and oxygen atoms in total. The molecule has 0 N–H and O–H groups in total. The summed E-state index contributed by atoms with van der Waals surface area (Å²) in [6, 6.07) is 8.80. The van der Waals surface area contributed by atoms with Crippen LogP contribution < -0.4 is 0 Å². The number of hydrogen-bond donors (Lipinski definition) is 0. The molecule has 0 aliphatic carbocycles. The summed E-state index contributed by atoms with van der Waals surface area (Å²) in [5, 5.41) is 0.